The van der Waals surface area contributed by atoms with E-state index in [9.17, 15) is 0 Å². The Morgan fingerprint density at radius 1 is 1.22 bits per heavy atom. The molecule has 1 saturated heterocycles. The largest absolute Gasteiger partial charge is 0.356 e. The van der Waals surface area contributed by atoms with E-state index in [-0.39, 0.29) is 24.0 Å². The van der Waals surface area contributed by atoms with Crippen molar-refractivity contribution in [2.24, 2.45) is 4.99 Å². The Balaban J connectivity index is 0.00000261. The van der Waals surface area contributed by atoms with Crippen molar-refractivity contribution in [3.8, 4) is 0 Å². The number of anilines is 1. The molecule has 0 aromatic carbocycles. The fourth-order valence-corrected chi connectivity index (χ4v) is 3.78. The van der Waals surface area contributed by atoms with Crippen molar-refractivity contribution in [1.29, 1.82) is 0 Å². The van der Waals surface area contributed by atoms with Crippen LogP contribution in [0.2, 0.25) is 0 Å². The lowest BCUT2D eigenvalue weighted by atomic mass is 10.2. The van der Waals surface area contributed by atoms with Crippen LogP contribution in [0.15, 0.2) is 28.8 Å². The minimum atomic E-state index is 0. The van der Waals surface area contributed by atoms with Crippen molar-refractivity contribution in [3.05, 3.63) is 34.5 Å². The molecule has 27 heavy (non-hydrogen) atoms. The topological polar surface area (TPSA) is 69.5 Å². The Morgan fingerprint density at radius 2 is 1.93 bits per heavy atom. The van der Waals surface area contributed by atoms with Crippen LogP contribution < -0.4 is 10.2 Å². The predicted octanol–water partition coefficient (Wildman–Crippen LogP) is 2.61. The van der Waals surface area contributed by atoms with E-state index in [2.05, 4.69) is 49.3 Å². The number of aliphatic imine (C=N–C) groups is 1. The van der Waals surface area contributed by atoms with Crippen molar-refractivity contribution in [3.63, 3.8) is 0 Å². The molecule has 0 saturated carbocycles. The summed E-state index contributed by atoms with van der Waals surface area (Å²) < 4.78 is 0. The zero-order chi connectivity index (χ0) is 18.4. The molecule has 0 amide bonds. The van der Waals surface area contributed by atoms with E-state index in [4.69, 9.17) is 4.98 Å². The van der Waals surface area contributed by atoms with Gasteiger partial charge in [0.25, 0.3) is 0 Å². The van der Waals surface area contributed by atoms with Crippen molar-refractivity contribution in [2.75, 3.05) is 44.7 Å². The van der Waals surface area contributed by atoms with Crippen LogP contribution in [0, 0.1) is 0 Å². The van der Waals surface area contributed by atoms with Gasteiger partial charge in [0.2, 0.25) is 5.95 Å². The molecule has 1 fully saturated rings. The average molecular weight is 501 g/mol. The molecule has 0 radical (unpaired) electrons. The van der Waals surface area contributed by atoms with Gasteiger partial charge < -0.3 is 15.1 Å². The fourth-order valence-electron chi connectivity index (χ4n) is 2.91. The van der Waals surface area contributed by atoms with Gasteiger partial charge in [-0.1, -0.05) is 13.8 Å². The summed E-state index contributed by atoms with van der Waals surface area (Å²) in [4.78, 5) is 22.3. The minimum absolute atomic E-state index is 0. The second kappa shape index (κ2) is 10.7. The summed E-state index contributed by atoms with van der Waals surface area (Å²) in [7, 11) is 1.84. The summed E-state index contributed by atoms with van der Waals surface area (Å²) in [6, 6.07) is 1.85. The van der Waals surface area contributed by atoms with Crippen LogP contribution in [0.1, 0.15) is 30.5 Å². The maximum atomic E-state index is 4.69. The number of nitrogens with one attached hydrogen (secondary N) is 1. The number of hydrogen-bond acceptors (Lipinski definition) is 6. The van der Waals surface area contributed by atoms with Crippen molar-refractivity contribution < 1.29 is 0 Å². The first-order valence-electron chi connectivity index (χ1n) is 9.09. The molecule has 3 heterocycles. The number of rotatable bonds is 5. The van der Waals surface area contributed by atoms with E-state index in [1.54, 1.807) is 23.7 Å². The van der Waals surface area contributed by atoms with E-state index >= 15 is 0 Å². The molecule has 2 aromatic rings. The Morgan fingerprint density at radius 3 is 2.52 bits per heavy atom. The molecule has 1 aliphatic heterocycles. The highest BCUT2D eigenvalue weighted by atomic mass is 127. The quantitative estimate of drug-likeness (QED) is 0.386. The molecule has 0 spiro atoms. The van der Waals surface area contributed by atoms with Gasteiger partial charge in [-0.05, 0) is 6.07 Å². The monoisotopic (exact) mass is 501 g/mol. The standard InChI is InChI=1S/C18H27N7S.HI/c1-14(2)16-23-15(13-26-16)5-8-22-17(19-3)24-9-11-25(12-10-24)18-20-6-4-7-21-18;/h4,6-7,13-14H,5,8-12H2,1-3H3,(H,19,22);1H. The van der Waals surface area contributed by atoms with E-state index in [0.29, 0.717) is 5.92 Å². The van der Waals surface area contributed by atoms with E-state index < -0.39 is 0 Å². The number of nitrogens with zero attached hydrogens (tertiary/aromatic N) is 6. The summed E-state index contributed by atoms with van der Waals surface area (Å²) in [5, 5.41) is 6.85. The van der Waals surface area contributed by atoms with Crippen LogP contribution in [-0.4, -0.2) is 65.6 Å². The molecule has 0 bridgehead atoms. The molecule has 9 heteroatoms. The van der Waals surface area contributed by atoms with Crippen LogP contribution in [0.5, 0.6) is 0 Å². The third kappa shape index (κ3) is 6.00. The third-order valence-corrected chi connectivity index (χ3v) is 5.55. The van der Waals surface area contributed by atoms with Crippen LogP contribution in [0.25, 0.3) is 0 Å². The zero-order valence-corrected chi connectivity index (χ0v) is 19.3. The first kappa shape index (κ1) is 21.8. The predicted molar refractivity (Wildman–Crippen MR) is 123 cm³/mol. The van der Waals surface area contributed by atoms with E-state index in [0.717, 1.165) is 56.7 Å². The van der Waals surface area contributed by atoms with Crippen LogP contribution in [0.3, 0.4) is 0 Å². The van der Waals surface area contributed by atoms with Gasteiger partial charge in [-0.2, -0.15) is 0 Å². The zero-order valence-electron chi connectivity index (χ0n) is 16.1. The van der Waals surface area contributed by atoms with Gasteiger partial charge in [0.15, 0.2) is 5.96 Å². The molecule has 0 unspecified atom stereocenters. The summed E-state index contributed by atoms with van der Waals surface area (Å²) in [5.74, 6) is 2.26. The van der Waals surface area contributed by atoms with Crippen LogP contribution in [-0.2, 0) is 6.42 Å². The molecule has 0 atom stereocenters. The van der Waals surface area contributed by atoms with Gasteiger partial charge in [-0.15, -0.1) is 35.3 Å². The van der Waals surface area contributed by atoms with E-state index in [1.807, 2.05) is 13.1 Å². The van der Waals surface area contributed by atoms with Crippen LogP contribution in [0.4, 0.5) is 5.95 Å². The van der Waals surface area contributed by atoms with Gasteiger partial charge in [0, 0.05) is 69.9 Å². The molecule has 7 nitrogen and oxygen atoms in total. The second-order valence-electron chi connectivity index (χ2n) is 6.58. The summed E-state index contributed by atoms with van der Waals surface area (Å²) in [5.41, 5.74) is 1.16. The smallest absolute Gasteiger partial charge is 0.225 e. The van der Waals surface area contributed by atoms with Gasteiger partial charge in [0.1, 0.15) is 0 Å². The number of hydrogen-bond donors (Lipinski definition) is 1. The van der Waals surface area contributed by atoms with Gasteiger partial charge >= 0.3 is 0 Å². The maximum Gasteiger partial charge on any atom is 0.225 e. The highest BCUT2D eigenvalue weighted by Crippen LogP contribution is 2.19. The van der Waals surface area contributed by atoms with Gasteiger partial charge in [0.05, 0.1) is 10.7 Å². The highest BCUT2D eigenvalue weighted by molar-refractivity contribution is 14.0. The lowest BCUT2D eigenvalue weighted by Gasteiger charge is -2.36. The second-order valence-corrected chi connectivity index (χ2v) is 7.47. The lowest BCUT2D eigenvalue weighted by Crippen LogP contribution is -2.53. The fraction of sp³-hybridized carbons (Fsp3) is 0.556. The third-order valence-electron chi connectivity index (χ3n) is 4.35. The Labute approximate surface area is 182 Å². The molecule has 3 rings (SSSR count). The Hall–Kier alpha value is -1.49. The summed E-state index contributed by atoms with van der Waals surface area (Å²) in [6.07, 6.45) is 4.50. The minimum Gasteiger partial charge on any atom is -0.356 e. The molecule has 0 aliphatic carbocycles. The first-order chi connectivity index (χ1) is 12.7. The SMILES string of the molecule is CN=C(NCCc1csc(C(C)C)n1)N1CCN(c2ncccn2)CC1.I. The van der Waals surface area contributed by atoms with E-state index in [1.165, 1.54) is 5.01 Å². The molecule has 2 aromatic heterocycles. The Bertz CT molecular complexity index is 712. The van der Waals surface area contributed by atoms with Crippen molar-refractivity contribution >= 4 is 47.2 Å². The van der Waals surface area contributed by atoms with Gasteiger partial charge in [-0.3, -0.25) is 4.99 Å². The maximum absolute atomic E-state index is 4.69. The lowest BCUT2D eigenvalue weighted by molar-refractivity contribution is 0.370. The van der Waals surface area contributed by atoms with Gasteiger partial charge in [-0.25, -0.2) is 15.0 Å². The molecule has 1 N–H and O–H groups in total. The number of thiazole rings is 1. The first-order valence-corrected chi connectivity index (χ1v) is 9.97. The number of halogens is 1. The number of piperazine rings is 1. The number of aromatic nitrogens is 3. The Kier molecular flexibility index (Phi) is 8.68. The molecule has 148 valence electrons. The average Bonchev–Trinajstić information content (AvgIpc) is 3.15. The summed E-state index contributed by atoms with van der Waals surface area (Å²) >= 11 is 1.75. The van der Waals surface area contributed by atoms with Crippen LogP contribution >= 0.6 is 35.3 Å². The molecular weight excluding hydrogens is 473 g/mol. The normalized spacial score (nSPS) is 15.0. The highest BCUT2D eigenvalue weighted by Gasteiger charge is 2.20. The number of guanidine groups is 1. The molecular formula is C18H28IN7S. The summed E-state index contributed by atoms with van der Waals surface area (Å²) in [6.45, 7) is 8.82. The van der Waals surface area contributed by atoms with Crippen molar-refractivity contribution in [2.45, 2.75) is 26.2 Å². The molecule has 1 aliphatic rings. The van der Waals surface area contributed by atoms with Crippen molar-refractivity contribution in [1.82, 2.24) is 25.2 Å².